The number of carboxylic acid groups (broad SMARTS) is 1. The minimum absolute atomic E-state index is 0.0115. The van der Waals surface area contributed by atoms with E-state index in [0.717, 1.165) is 22.0 Å². The molecule has 0 saturated carbocycles. The Morgan fingerprint density at radius 3 is 2.08 bits per heavy atom. The zero-order valence-electron chi connectivity index (χ0n) is 20.0. The minimum Gasteiger partial charge on any atom is -0.480 e. The van der Waals surface area contributed by atoms with Crippen molar-refractivity contribution in [3.05, 3.63) is 114 Å². The molecule has 0 spiro atoms. The van der Waals surface area contributed by atoms with Crippen molar-refractivity contribution < 1.29 is 24.2 Å². The Kier molecular flexibility index (Phi) is 8.44. The monoisotopic (exact) mass is 497 g/mol. The standard InChI is InChI=1S/C29H27N3O5/c33-27(31-26(28(34)35)18-23-16-15-22-13-7-8-14-24(22)30-23)25(17-20-9-3-1-4-10-20)32-29(36)37-19-21-11-5-2-6-12-21/h1-16,25-26H,17-19H2,(H,31,33)(H,32,36)(H,34,35)/t25-,26-/m0/s1. The van der Waals surface area contributed by atoms with Crippen LogP contribution < -0.4 is 10.6 Å². The molecule has 0 radical (unpaired) electrons. The summed E-state index contributed by atoms with van der Waals surface area (Å²) >= 11 is 0. The molecule has 0 aliphatic rings. The summed E-state index contributed by atoms with van der Waals surface area (Å²) in [4.78, 5) is 42.3. The average molecular weight is 498 g/mol. The van der Waals surface area contributed by atoms with Crippen molar-refractivity contribution in [2.75, 3.05) is 0 Å². The lowest BCUT2D eigenvalue weighted by atomic mass is 10.0. The van der Waals surface area contributed by atoms with Crippen LogP contribution in [0, 0.1) is 0 Å². The van der Waals surface area contributed by atoms with Crippen LogP contribution in [0.5, 0.6) is 0 Å². The van der Waals surface area contributed by atoms with Crippen LogP contribution in [0.25, 0.3) is 10.9 Å². The van der Waals surface area contributed by atoms with Crippen LogP contribution >= 0.6 is 0 Å². The van der Waals surface area contributed by atoms with Gasteiger partial charge in [-0.25, -0.2) is 9.59 Å². The van der Waals surface area contributed by atoms with Crippen LogP contribution in [0.15, 0.2) is 97.1 Å². The highest BCUT2D eigenvalue weighted by Gasteiger charge is 2.28. The van der Waals surface area contributed by atoms with E-state index in [0.29, 0.717) is 5.69 Å². The van der Waals surface area contributed by atoms with Gasteiger partial charge < -0.3 is 20.5 Å². The van der Waals surface area contributed by atoms with Crippen molar-refractivity contribution >= 4 is 28.9 Å². The van der Waals surface area contributed by atoms with Gasteiger partial charge in [0.1, 0.15) is 18.7 Å². The number of para-hydroxylation sites is 1. The Labute approximate surface area is 214 Å². The third kappa shape index (κ3) is 7.38. The largest absolute Gasteiger partial charge is 0.480 e. The van der Waals surface area contributed by atoms with E-state index in [1.54, 1.807) is 6.07 Å². The lowest BCUT2D eigenvalue weighted by Gasteiger charge is -2.21. The van der Waals surface area contributed by atoms with Crippen LogP contribution in [0.3, 0.4) is 0 Å². The molecule has 188 valence electrons. The predicted molar refractivity (Wildman–Crippen MR) is 139 cm³/mol. The summed E-state index contributed by atoms with van der Waals surface area (Å²) in [6.07, 6.45) is -0.626. The molecule has 8 nitrogen and oxygen atoms in total. The van der Waals surface area contributed by atoms with Gasteiger partial charge in [-0.05, 0) is 23.3 Å². The Hall–Kier alpha value is -4.72. The van der Waals surface area contributed by atoms with E-state index in [-0.39, 0.29) is 19.4 Å². The average Bonchev–Trinajstić information content (AvgIpc) is 2.92. The zero-order valence-corrected chi connectivity index (χ0v) is 20.0. The van der Waals surface area contributed by atoms with Crippen molar-refractivity contribution in [2.24, 2.45) is 0 Å². The van der Waals surface area contributed by atoms with Gasteiger partial charge in [-0.1, -0.05) is 84.9 Å². The first kappa shape index (κ1) is 25.4. The number of nitrogens with zero attached hydrogens (tertiary/aromatic N) is 1. The number of ether oxygens (including phenoxy) is 1. The molecule has 0 unspecified atom stereocenters. The molecule has 3 aromatic carbocycles. The van der Waals surface area contributed by atoms with E-state index >= 15 is 0 Å². The number of nitrogens with one attached hydrogen (secondary N) is 2. The maximum atomic E-state index is 13.2. The number of hydrogen-bond acceptors (Lipinski definition) is 5. The fourth-order valence-electron chi connectivity index (χ4n) is 3.87. The Morgan fingerprint density at radius 2 is 1.38 bits per heavy atom. The molecule has 1 heterocycles. The van der Waals surface area contributed by atoms with E-state index in [4.69, 9.17) is 4.74 Å². The van der Waals surface area contributed by atoms with E-state index in [9.17, 15) is 19.5 Å². The van der Waals surface area contributed by atoms with E-state index < -0.39 is 30.1 Å². The summed E-state index contributed by atoms with van der Waals surface area (Å²) in [6, 6.07) is 27.1. The number of aliphatic carboxylic acids is 1. The van der Waals surface area contributed by atoms with Crippen molar-refractivity contribution in [2.45, 2.75) is 31.5 Å². The Morgan fingerprint density at radius 1 is 0.730 bits per heavy atom. The molecule has 4 aromatic rings. The molecule has 0 aliphatic heterocycles. The molecule has 0 saturated heterocycles. The highest BCUT2D eigenvalue weighted by atomic mass is 16.5. The second-order valence-electron chi connectivity index (χ2n) is 8.55. The van der Waals surface area contributed by atoms with Gasteiger partial charge in [-0.2, -0.15) is 0 Å². The molecule has 3 N–H and O–H groups in total. The highest BCUT2D eigenvalue weighted by Crippen LogP contribution is 2.13. The third-order valence-corrected chi connectivity index (χ3v) is 5.79. The van der Waals surface area contributed by atoms with Gasteiger partial charge in [-0.15, -0.1) is 0 Å². The number of benzene rings is 3. The highest BCUT2D eigenvalue weighted by molar-refractivity contribution is 5.89. The van der Waals surface area contributed by atoms with E-state index in [1.165, 1.54) is 0 Å². The summed E-state index contributed by atoms with van der Waals surface area (Å²) in [7, 11) is 0. The van der Waals surface area contributed by atoms with Gasteiger partial charge in [0.25, 0.3) is 0 Å². The van der Waals surface area contributed by atoms with Crippen molar-refractivity contribution in [1.82, 2.24) is 15.6 Å². The summed E-state index contributed by atoms with van der Waals surface area (Å²) in [5.41, 5.74) is 2.87. The SMILES string of the molecule is O=C(N[C@@H](Cc1ccccc1)C(=O)N[C@@H](Cc1ccc2ccccc2n1)C(=O)O)OCc1ccccc1. The number of pyridine rings is 1. The number of alkyl carbamates (subject to hydrolysis) is 1. The Bertz CT molecular complexity index is 1360. The van der Waals surface area contributed by atoms with Crippen molar-refractivity contribution in [1.29, 1.82) is 0 Å². The zero-order chi connectivity index (χ0) is 26.0. The van der Waals surface area contributed by atoms with Crippen molar-refractivity contribution in [3.63, 3.8) is 0 Å². The predicted octanol–water partition coefficient (Wildman–Crippen LogP) is 3.88. The molecule has 0 bridgehead atoms. The van der Waals surface area contributed by atoms with Gasteiger partial charge in [-0.3, -0.25) is 9.78 Å². The third-order valence-electron chi connectivity index (χ3n) is 5.79. The number of fused-ring (bicyclic) bond motifs is 1. The molecular weight excluding hydrogens is 470 g/mol. The smallest absolute Gasteiger partial charge is 0.408 e. The second-order valence-corrected chi connectivity index (χ2v) is 8.55. The van der Waals surface area contributed by atoms with Gasteiger partial charge in [0, 0.05) is 23.9 Å². The number of carboxylic acids is 1. The quantitative estimate of drug-likeness (QED) is 0.306. The van der Waals surface area contributed by atoms with Crippen molar-refractivity contribution in [3.8, 4) is 0 Å². The first-order valence-corrected chi connectivity index (χ1v) is 11.9. The molecule has 8 heteroatoms. The topological polar surface area (TPSA) is 118 Å². The van der Waals surface area contributed by atoms with Crippen LogP contribution in [0.2, 0.25) is 0 Å². The molecule has 0 aliphatic carbocycles. The van der Waals surface area contributed by atoms with Crippen LogP contribution in [-0.4, -0.2) is 40.1 Å². The fraction of sp³-hybridized carbons (Fsp3) is 0.172. The van der Waals surface area contributed by atoms with Gasteiger partial charge in [0.15, 0.2) is 0 Å². The minimum atomic E-state index is -1.23. The summed E-state index contributed by atoms with van der Waals surface area (Å²) in [5.74, 6) is -1.83. The molecular formula is C29H27N3O5. The fourth-order valence-corrected chi connectivity index (χ4v) is 3.87. The van der Waals surface area contributed by atoms with E-state index in [2.05, 4.69) is 15.6 Å². The van der Waals surface area contributed by atoms with Crippen LogP contribution in [-0.2, 0) is 33.8 Å². The number of amides is 2. The second kappa shape index (κ2) is 12.3. The number of hydrogen-bond donors (Lipinski definition) is 3. The van der Waals surface area contributed by atoms with E-state index in [1.807, 2.05) is 91.0 Å². The maximum Gasteiger partial charge on any atom is 0.408 e. The van der Waals surface area contributed by atoms with Crippen LogP contribution in [0.4, 0.5) is 4.79 Å². The molecule has 2 atom stereocenters. The Balaban J connectivity index is 1.45. The maximum absolute atomic E-state index is 13.2. The first-order valence-electron chi connectivity index (χ1n) is 11.9. The van der Waals surface area contributed by atoms with Crippen LogP contribution in [0.1, 0.15) is 16.8 Å². The van der Waals surface area contributed by atoms with Gasteiger partial charge in [0.05, 0.1) is 5.52 Å². The van der Waals surface area contributed by atoms with Gasteiger partial charge in [0.2, 0.25) is 5.91 Å². The lowest BCUT2D eigenvalue weighted by Crippen LogP contribution is -2.53. The molecule has 1 aromatic heterocycles. The number of aromatic nitrogens is 1. The number of carbonyl (C=O) groups excluding carboxylic acids is 2. The first-order chi connectivity index (χ1) is 18.0. The lowest BCUT2D eigenvalue weighted by molar-refractivity contribution is -0.142. The summed E-state index contributed by atoms with van der Waals surface area (Å²) in [6.45, 7) is 0.0394. The van der Waals surface area contributed by atoms with Gasteiger partial charge >= 0.3 is 12.1 Å². The normalized spacial score (nSPS) is 12.3. The number of carbonyl (C=O) groups is 3. The molecule has 2 amide bonds. The molecule has 37 heavy (non-hydrogen) atoms. The molecule has 0 fully saturated rings. The molecule has 4 rings (SSSR count). The number of rotatable bonds is 10. The summed E-state index contributed by atoms with van der Waals surface area (Å²) in [5, 5.41) is 15.9. The summed E-state index contributed by atoms with van der Waals surface area (Å²) < 4.78 is 5.28.